The third kappa shape index (κ3) is 6.22. The van der Waals surface area contributed by atoms with E-state index in [9.17, 15) is 9.59 Å². The maximum absolute atomic E-state index is 13.1. The highest BCUT2D eigenvalue weighted by atomic mass is 16.2. The summed E-state index contributed by atoms with van der Waals surface area (Å²) in [6.07, 6.45) is 6.01. The van der Waals surface area contributed by atoms with E-state index in [1.807, 2.05) is 11.0 Å². The first-order valence-corrected chi connectivity index (χ1v) is 13.3. The Hall–Kier alpha value is -2.99. The van der Waals surface area contributed by atoms with Crippen molar-refractivity contribution in [2.24, 2.45) is 5.92 Å². The molecule has 192 valence electrons. The molecular weight excluding hydrogens is 448 g/mol. The number of hydrogen-bond acceptors (Lipinski definition) is 4. The number of nitrogens with zero attached hydrogens (tertiary/aromatic N) is 3. The van der Waals surface area contributed by atoms with E-state index in [-0.39, 0.29) is 17.9 Å². The number of benzene rings is 1. The van der Waals surface area contributed by atoms with Crippen molar-refractivity contribution in [2.45, 2.75) is 71.0 Å². The molecule has 1 unspecified atom stereocenters. The van der Waals surface area contributed by atoms with E-state index in [0.717, 1.165) is 55.7 Å². The number of aromatic nitrogens is 1. The zero-order valence-electron chi connectivity index (χ0n) is 22.0. The molecule has 1 N–H and O–H groups in total. The van der Waals surface area contributed by atoms with Crippen molar-refractivity contribution in [1.82, 2.24) is 20.1 Å². The average Bonchev–Trinajstić information content (AvgIpc) is 3.20. The quantitative estimate of drug-likeness (QED) is 0.493. The zero-order chi connectivity index (χ0) is 25.7. The lowest BCUT2D eigenvalue weighted by molar-refractivity contribution is -0.120. The molecule has 2 aliphatic rings. The molecule has 1 aromatic heterocycles. The lowest BCUT2D eigenvalue weighted by atomic mass is 9.88. The molecule has 0 radical (unpaired) electrons. The molecule has 1 saturated heterocycles. The maximum Gasteiger partial charge on any atom is 0.254 e. The number of nitrogens with one attached hydrogen (secondary N) is 1. The normalized spacial score (nSPS) is 17.3. The molecule has 0 spiro atoms. The van der Waals surface area contributed by atoms with Crippen molar-refractivity contribution in [3.05, 3.63) is 77.1 Å². The van der Waals surface area contributed by atoms with Gasteiger partial charge in [0.2, 0.25) is 5.91 Å². The van der Waals surface area contributed by atoms with Gasteiger partial charge in [0, 0.05) is 37.8 Å². The number of piperidine rings is 1. The van der Waals surface area contributed by atoms with E-state index >= 15 is 0 Å². The van der Waals surface area contributed by atoms with Crippen LogP contribution in [0.15, 0.2) is 49.1 Å². The Morgan fingerprint density at radius 2 is 1.94 bits per heavy atom. The van der Waals surface area contributed by atoms with Crippen LogP contribution in [-0.4, -0.2) is 52.8 Å². The number of likely N-dealkylation sites (tertiary alicyclic amines) is 1. The summed E-state index contributed by atoms with van der Waals surface area (Å²) in [5.74, 6) is 1.15. The Balaban J connectivity index is 1.34. The number of fused-ring (bicyclic) bond motifs is 1. The second-order valence-electron chi connectivity index (χ2n) is 10.6. The van der Waals surface area contributed by atoms with Gasteiger partial charge < -0.3 is 10.2 Å². The van der Waals surface area contributed by atoms with Gasteiger partial charge in [-0.15, -0.1) is 6.58 Å². The third-order valence-corrected chi connectivity index (χ3v) is 7.51. The molecule has 0 saturated carbocycles. The summed E-state index contributed by atoms with van der Waals surface area (Å²) in [5, 5.41) is 2.65. The highest BCUT2D eigenvalue weighted by molar-refractivity contribution is 5.98. The van der Waals surface area contributed by atoms with Crippen LogP contribution in [0.25, 0.3) is 0 Å². The van der Waals surface area contributed by atoms with Gasteiger partial charge in [-0.25, -0.2) is 0 Å². The Kier molecular flexibility index (Phi) is 8.57. The van der Waals surface area contributed by atoms with Gasteiger partial charge in [0.1, 0.15) is 0 Å². The fraction of sp³-hybridized carbons (Fsp3) is 0.500. The molecule has 1 aromatic carbocycles. The predicted octanol–water partition coefficient (Wildman–Crippen LogP) is 4.70. The standard InChI is InChI=1S/C30H40N4O2/c1-5-27(10-12-29(35)31-4)34-19-24-18-23(9-11-28(24)30(34)36)22-13-15-33(16-14-22)20-26-8-6-7-25(32-26)17-21(2)3/h5-9,11,18,21-22,27H,1,10,12-17,19-20H2,2-4H3,(H,31,35). The van der Waals surface area contributed by atoms with Gasteiger partial charge in [0.05, 0.1) is 11.7 Å². The van der Waals surface area contributed by atoms with Crippen molar-refractivity contribution in [2.75, 3.05) is 20.1 Å². The second-order valence-corrected chi connectivity index (χ2v) is 10.6. The van der Waals surface area contributed by atoms with Gasteiger partial charge in [0.15, 0.2) is 0 Å². The number of amides is 2. The minimum Gasteiger partial charge on any atom is -0.359 e. The average molecular weight is 489 g/mol. The molecule has 0 bridgehead atoms. The number of pyridine rings is 1. The largest absolute Gasteiger partial charge is 0.359 e. The van der Waals surface area contributed by atoms with Crippen LogP contribution in [0.2, 0.25) is 0 Å². The zero-order valence-corrected chi connectivity index (χ0v) is 22.0. The van der Waals surface area contributed by atoms with Crippen LogP contribution in [0.3, 0.4) is 0 Å². The number of carbonyl (C=O) groups is 2. The summed E-state index contributed by atoms with van der Waals surface area (Å²) >= 11 is 0. The van der Waals surface area contributed by atoms with Crippen LogP contribution in [0.5, 0.6) is 0 Å². The van der Waals surface area contributed by atoms with Gasteiger partial charge in [-0.3, -0.25) is 19.5 Å². The van der Waals surface area contributed by atoms with Crippen LogP contribution < -0.4 is 5.32 Å². The highest BCUT2D eigenvalue weighted by Crippen LogP contribution is 2.33. The van der Waals surface area contributed by atoms with Crippen LogP contribution >= 0.6 is 0 Å². The fourth-order valence-electron chi connectivity index (χ4n) is 5.49. The van der Waals surface area contributed by atoms with E-state index in [1.165, 1.54) is 11.3 Å². The predicted molar refractivity (Wildman–Crippen MR) is 144 cm³/mol. The van der Waals surface area contributed by atoms with Crippen molar-refractivity contribution in [3.63, 3.8) is 0 Å². The SMILES string of the molecule is C=CC(CCC(=O)NC)N1Cc2cc(C3CCN(Cc4cccc(CC(C)C)n4)CC3)ccc2C1=O. The van der Waals surface area contributed by atoms with Gasteiger partial charge in [-0.2, -0.15) is 0 Å². The first-order chi connectivity index (χ1) is 17.4. The molecule has 3 heterocycles. The minimum atomic E-state index is -0.137. The van der Waals surface area contributed by atoms with Crippen molar-refractivity contribution >= 4 is 11.8 Å². The maximum atomic E-state index is 13.1. The van der Waals surface area contributed by atoms with E-state index in [1.54, 1.807) is 13.1 Å². The number of rotatable bonds is 10. The van der Waals surface area contributed by atoms with Crippen molar-refractivity contribution < 1.29 is 9.59 Å². The number of carbonyl (C=O) groups excluding carboxylic acids is 2. The fourth-order valence-corrected chi connectivity index (χ4v) is 5.49. The van der Waals surface area contributed by atoms with E-state index in [4.69, 9.17) is 4.98 Å². The molecule has 4 rings (SSSR count). The summed E-state index contributed by atoms with van der Waals surface area (Å²) in [6, 6.07) is 12.7. The Labute approximate surface area is 215 Å². The van der Waals surface area contributed by atoms with Gasteiger partial charge in [-0.05, 0) is 79.9 Å². The first kappa shape index (κ1) is 26.1. The summed E-state index contributed by atoms with van der Waals surface area (Å²) in [4.78, 5) is 34.0. The molecule has 1 fully saturated rings. The Bertz CT molecular complexity index is 1090. The summed E-state index contributed by atoms with van der Waals surface area (Å²) in [5.41, 5.74) is 5.57. The van der Waals surface area contributed by atoms with Gasteiger partial charge >= 0.3 is 0 Å². The van der Waals surface area contributed by atoms with Gasteiger partial charge in [0.25, 0.3) is 5.91 Å². The van der Waals surface area contributed by atoms with Gasteiger partial charge in [-0.1, -0.05) is 38.1 Å². The van der Waals surface area contributed by atoms with Crippen molar-refractivity contribution in [1.29, 1.82) is 0 Å². The molecule has 1 atom stereocenters. The van der Waals surface area contributed by atoms with Crippen LogP contribution in [-0.2, 0) is 24.3 Å². The first-order valence-electron chi connectivity index (χ1n) is 13.3. The monoisotopic (exact) mass is 488 g/mol. The molecule has 6 heteroatoms. The second kappa shape index (κ2) is 11.8. The summed E-state index contributed by atoms with van der Waals surface area (Å²) in [6.45, 7) is 12.0. The van der Waals surface area contributed by atoms with Crippen LogP contribution in [0, 0.1) is 5.92 Å². The highest BCUT2D eigenvalue weighted by Gasteiger charge is 2.32. The smallest absolute Gasteiger partial charge is 0.254 e. The Morgan fingerprint density at radius 1 is 1.19 bits per heavy atom. The molecule has 0 aliphatic carbocycles. The molecule has 6 nitrogen and oxygen atoms in total. The minimum absolute atomic E-state index is 0.0151. The summed E-state index contributed by atoms with van der Waals surface area (Å²) < 4.78 is 0. The molecule has 2 aliphatic heterocycles. The van der Waals surface area contributed by atoms with Crippen LogP contribution in [0.1, 0.15) is 78.3 Å². The molecular formula is C30H40N4O2. The van der Waals surface area contributed by atoms with E-state index in [2.05, 4.69) is 61.0 Å². The Morgan fingerprint density at radius 3 is 2.64 bits per heavy atom. The van der Waals surface area contributed by atoms with E-state index in [0.29, 0.717) is 31.2 Å². The molecule has 2 amide bonds. The lowest BCUT2D eigenvalue weighted by Crippen LogP contribution is -2.35. The topological polar surface area (TPSA) is 65.5 Å². The molecule has 2 aromatic rings. The third-order valence-electron chi connectivity index (χ3n) is 7.51. The number of hydrogen-bond donors (Lipinski definition) is 1. The summed E-state index contributed by atoms with van der Waals surface area (Å²) in [7, 11) is 1.64. The molecule has 36 heavy (non-hydrogen) atoms. The van der Waals surface area contributed by atoms with Crippen molar-refractivity contribution in [3.8, 4) is 0 Å². The lowest BCUT2D eigenvalue weighted by Gasteiger charge is -2.32. The van der Waals surface area contributed by atoms with Crippen LogP contribution in [0.4, 0.5) is 0 Å². The van der Waals surface area contributed by atoms with E-state index < -0.39 is 0 Å².